The number of benzene rings is 2. The minimum atomic E-state index is -0.116. The van der Waals surface area contributed by atoms with Crippen LogP contribution in [-0.2, 0) is 0 Å². The molecular weight excluding hydrogens is 421 g/mol. The monoisotopic (exact) mass is 431 g/mol. The zero-order chi connectivity index (χ0) is 14.0. The van der Waals surface area contributed by atoms with Gasteiger partial charge in [0, 0.05) is 14.8 Å². The summed E-state index contributed by atoms with van der Waals surface area (Å²) in [4.78, 5) is 12.6. The number of rotatable bonds is 3. The van der Waals surface area contributed by atoms with Crippen LogP contribution < -0.4 is 10.5 Å². The van der Waals surface area contributed by atoms with Gasteiger partial charge in [-0.1, -0.05) is 6.07 Å². The first-order valence-corrected chi connectivity index (χ1v) is 7.34. The Balaban J connectivity index is 2.56. The van der Waals surface area contributed by atoms with Crippen molar-refractivity contribution in [1.29, 1.82) is 0 Å². The van der Waals surface area contributed by atoms with E-state index in [2.05, 4.69) is 38.5 Å². The highest BCUT2D eigenvalue weighted by molar-refractivity contribution is 14.1. The number of anilines is 1. The van der Waals surface area contributed by atoms with Gasteiger partial charge in [0.25, 0.3) is 0 Å². The molecule has 2 aromatic carbocycles. The Morgan fingerprint density at radius 3 is 2.68 bits per heavy atom. The molecule has 0 aliphatic carbocycles. The van der Waals surface area contributed by atoms with E-state index in [0.717, 1.165) is 3.57 Å². The molecule has 19 heavy (non-hydrogen) atoms. The SMILES string of the molecule is COc1ccc(I)cc1C(=O)c1cccc(N)c1Br. The summed E-state index contributed by atoms with van der Waals surface area (Å²) in [5, 5.41) is 0. The van der Waals surface area contributed by atoms with Gasteiger partial charge in [-0.3, -0.25) is 4.79 Å². The zero-order valence-electron chi connectivity index (χ0n) is 10.1. The fourth-order valence-electron chi connectivity index (χ4n) is 1.73. The number of nitrogens with two attached hydrogens (primary N) is 1. The molecule has 2 aromatic rings. The number of nitrogen functional groups attached to an aromatic ring is 1. The molecule has 5 heteroatoms. The Hall–Kier alpha value is -1.08. The van der Waals surface area contributed by atoms with E-state index in [0.29, 0.717) is 27.0 Å². The van der Waals surface area contributed by atoms with Crippen LogP contribution in [0.1, 0.15) is 15.9 Å². The maximum Gasteiger partial charge on any atom is 0.198 e. The molecule has 0 saturated heterocycles. The molecule has 0 radical (unpaired) electrons. The Kier molecular flexibility index (Phi) is 4.46. The van der Waals surface area contributed by atoms with E-state index >= 15 is 0 Å². The van der Waals surface area contributed by atoms with Crippen LogP contribution in [0.2, 0.25) is 0 Å². The molecule has 0 amide bonds. The maximum atomic E-state index is 12.6. The number of carbonyl (C=O) groups is 1. The number of methoxy groups -OCH3 is 1. The summed E-state index contributed by atoms with van der Waals surface area (Å²) in [6, 6.07) is 10.7. The highest BCUT2D eigenvalue weighted by atomic mass is 127. The van der Waals surface area contributed by atoms with E-state index in [4.69, 9.17) is 10.5 Å². The summed E-state index contributed by atoms with van der Waals surface area (Å²) in [6.07, 6.45) is 0. The smallest absolute Gasteiger partial charge is 0.198 e. The molecule has 0 aliphatic rings. The summed E-state index contributed by atoms with van der Waals surface area (Å²) in [6.45, 7) is 0. The lowest BCUT2D eigenvalue weighted by molar-refractivity contribution is 0.103. The third-order valence-electron chi connectivity index (χ3n) is 2.68. The van der Waals surface area contributed by atoms with Crippen LogP contribution in [0, 0.1) is 3.57 Å². The number of carbonyl (C=O) groups excluding carboxylic acids is 1. The quantitative estimate of drug-likeness (QED) is 0.456. The molecule has 0 bridgehead atoms. The van der Waals surface area contributed by atoms with Crippen molar-refractivity contribution < 1.29 is 9.53 Å². The largest absolute Gasteiger partial charge is 0.496 e. The second kappa shape index (κ2) is 5.92. The highest BCUT2D eigenvalue weighted by Crippen LogP contribution is 2.29. The van der Waals surface area contributed by atoms with Crippen LogP contribution in [0.25, 0.3) is 0 Å². The van der Waals surface area contributed by atoms with Crippen LogP contribution in [0.4, 0.5) is 5.69 Å². The van der Waals surface area contributed by atoms with E-state index in [-0.39, 0.29) is 5.78 Å². The first-order valence-electron chi connectivity index (χ1n) is 5.47. The van der Waals surface area contributed by atoms with Crippen LogP contribution >= 0.6 is 38.5 Å². The Bertz CT molecular complexity index is 643. The minimum absolute atomic E-state index is 0.116. The second-order valence-electron chi connectivity index (χ2n) is 3.88. The topological polar surface area (TPSA) is 52.3 Å². The fraction of sp³-hybridized carbons (Fsp3) is 0.0714. The van der Waals surface area contributed by atoms with Gasteiger partial charge in [0.05, 0.1) is 17.1 Å². The molecule has 0 saturated carbocycles. The lowest BCUT2D eigenvalue weighted by Crippen LogP contribution is -2.06. The Morgan fingerprint density at radius 1 is 1.26 bits per heavy atom. The van der Waals surface area contributed by atoms with Crippen molar-refractivity contribution in [3.8, 4) is 5.75 Å². The predicted molar refractivity (Wildman–Crippen MR) is 87.7 cm³/mol. The van der Waals surface area contributed by atoms with Gasteiger partial charge >= 0.3 is 0 Å². The number of ketones is 1. The third-order valence-corrected chi connectivity index (χ3v) is 4.24. The molecule has 2 N–H and O–H groups in total. The standard InChI is InChI=1S/C14H11BrINO2/c1-19-12-6-5-8(16)7-10(12)14(18)9-3-2-4-11(17)13(9)15/h2-7H,17H2,1H3. The van der Waals surface area contributed by atoms with E-state index in [1.165, 1.54) is 0 Å². The van der Waals surface area contributed by atoms with Gasteiger partial charge in [-0.05, 0) is 68.9 Å². The second-order valence-corrected chi connectivity index (χ2v) is 5.92. The molecule has 0 fully saturated rings. The van der Waals surface area contributed by atoms with Gasteiger partial charge in [-0.25, -0.2) is 0 Å². The number of ether oxygens (including phenoxy) is 1. The van der Waals surface area contributed by atoms with Gasteiger partial charge in [0.15, 0.2) is 5.78 Å². The van der Waals surface area contributed by atoms with Crippen molar-refractivity contribution >= 4 is 50.0 Å². The van der Waals surface area contributed by atoms with Gasteiger partial charge in [0.2, 0.25) is 0 Å². The molecular formula is C14H11BrINO2. The molecule has 0 aromatic heterocycles. The van der Waals surface area contributed by atoms with Crippen LogP contribution in [0.5, 0.6) is 5.75 Å². The molecule has 3 nitrogen and oxygen atoms in total. The van der Waals surface area contributed by atoms with E-state index in [1.807, 2.05) is 6.07 Å². The normalized spacial score (nSPS) is 10.3. The summed E-state index contributed by atoms with van der Waals surface area (Å²) in [5.74, 6) is 0.439. The summed E-state index contributed by atoms with van der Waals surface area (Å²) >= 11 is 5.52. The average Bonchev–Trinajstić information content (AvgIpc) is 2.41. The van der Waals surface area contributed by atoms with Crippen molar-refractivity contribution in [1.82, 2.24) is 0 Å². The van der Waals surface area contributed by atoms with Crippen molar-refractivity contribution in [2.45, 2.75) is 0 Å². The first-order chi connectivity index (χ1) is 9.04. The van der Waals surface area contributed by atoms with Crippen molar-refractivity contribution in [2.75, 3.05) is 12.8 Å². The maximum absolute atomic E-state index is 12.6. The lowest BCUT2D eigenvalue weighted by Gasteiger charge is -2.10. The lowest BCUT2D eigenvalue weighted by atomic mass is 10.0. The van der Waals surface area contributed by atoms with Gasteiger partial charge in [0.1, 0.15) is 5.75 Å². The summed E-state index contributed by atoms with van der Waals surface area (Å²) in [7, 11) is 1.55. The predicted octanol–water partition coefficient (Wildman–Crippen LogP) is 3.88. The molecule has 0 unspecified atom stereocenters. The third kappa shape index (κ3) is 2.92. The fourth-order valence-corrected chi connectivity index (χ4v) is 2.66. The number of hydrogen-bond donors (Lipinski definition) is 1. The van der Waals surface area contributed by atoms with Gasteiger partial charge in [-0.15, -0.1) is 0 Å². The van der Waals surface area contributed by atoms with E-state index < -0.39 is 0 Å². The van der Waals surface area contributed by atoms with Crippen LogP contribution in [-0.4, -0.2) is 12.9 Å². The number of hydrogen-bond acceptors (Lipinski definition) is 3. The average molecular weight is 432 g/mol. The molecule has 0 atom stereocenters. The Morgan fingerprint density at radius 2 is 2.00 bits per heavy atom. The molecule has 0 spiro atoms. The van der Waals surface area contributed by atoms with Gasteiger partial charge < -0.3 is 10.5 Å². The van der Waals surface area contributed by atoms with Crippen molar-refractivity contribution in [3.05, 3.63) is 55.6 Å². The first kappa shape index (κ1) is 14.3. The zero-order valence-corrected chi connectivity index (χ0v) is 13.9. The summed E-state index contributed by atoms with van der Waals surface area (Å²) in [5.41, 5.74) is 7.40. The van der Waals surface area contributed by atoms with Crippen LogP contribution in [0.3, 0.4) is 0 Å². The van der Waals surface area contributed by atoms with Crippen LogP contribution in [0.15, 0.2) is 40.9 Å². The van der Waals surface area contributed by atoms with E-state index in [9.17, 15) is 4.79 Å². The molecule has 0 heterocycles. The molecule has 2 rings (SSSR count). The highest BCUT2D eigenvalue weighted by Gasteiger charge is 2.18. The van der Waals surface area contributed by atoms with E-state index in [1.54, 1.807) is 37.4 Å². The summed E-state index contributed by atoms with van der Waals surface area (Å²) < 4.78 is 6.83. The Labute approximate surface area is 133 Å². The van der Waals surface area contributed by atoms with Gasteiger partial charge in [-0.2, -0.15) is 0 Å². The van der Waals surface area contributed by atoms with Crippen molar-refractivity contribution in [3.63, 3.8) is 0 Å². The molecule has 98 valence electrons. The van der Waals surface area contributed by atoms with Crippen molar-refractivity contribution in [2.24, 2.45) is 0 Å². The molecule has 0 aliphatic heterocycles. The number of halogens is 2. The minimum Gasteiger partial charge on any atom is -0.496 e.